The first-order valence-electron chi connectivity index (χ1n) is 7.07. The smallest absolute Gasteiger partial charge is 0.349 e. The summed E-state index contributed by atoms with van der Waals surface area (Å²) in [4.78, 5) is 17.4. The third-order valence-electron chi connectivity index (χ3n) is 3.36. The molecule has 2 heterocycles. The molecule has 2 aromatic rings. The second-order valence-corrected chi connectivity index (χ2v) is 6.21. The highest BCUT2D eigenvalue weighted by Crippen LogP contribution is 2.31. The standard InChI is InChI=1S/C17H15NO4S/c1-10-8-14(20)16(17(21)22-10)13-9-15(23-7-6-18-13)11-2-4-12(19)5-3-11/h2-5,8-9,19-20H,6-7H2,1H3. The van der Waals surface area contributed by atoms with Gasteiger partial charge in [0, 0.05) is 23.3 Å². The number of benzene rings is 1. The fourth-order valence-electron chi connectivity index (χ4n) is 2.31. The van der Waals surface area contributed by atoms with E-state index >= 15 is 0 Å². The van der Waals surface area contributed by atoms with Crippen molar-refractivity contribution in [2.24, 2.45) is 4.99 Å². The first kappa shape index (κ1) is 15.4. The molecule has 0 amide bonds. The molecule has 0 unspecified atom stereocenters. The lowest BCUT2D eigenvalue weighted by Crippen LogP contribution is -2.14. The van der Waals surface area contributed by atoms with Crippen LogP contribution in [0.1, 0.15) is 16.9 Å². The maximum absolute atomic E-state index is 12.1. The van der Waals surface area contributed by atoms with Gasteiger partial charge < -0.3 is 14.6 Å². The Morgan fingerprint density at radius 2 is 1.96 bits per heavy atom. The van der Waals surface area contributed by atoms with E-state index in [1.165, 1.54) is 6.07 Å². The number of hydrogen-bond acceptors (Lipinski definition) is 6. The number of aromatic hydroxyl groups is 2. The Kier molecular flexibility index (Phi) is 4.25. The van der Waals surface area contributed by atoms with Gasteiger partial charge >= 0.3 is 5.63 Å². The molecule has 23 heavy (non-hydrogen) atoms. The monoisotopic (exact) mass is 329 g/mol. The minimum Gasteiger partial charge on any atom is -0.508 e. The number of hydrogen-bond donors (Lipinski definition) is 2. The van der Waals surface area contributed by atoms with Crippen LogP contribution >= 0.6 is 11.8 Å². The molecule has 2 N–H and O–H groups in total. The van der Waals surface area contributed by atoms with Crippen molar-refractivity contribution >= 4 is 22.4 Å². The molecule has 3 rings (SSSR count). The summed E-state index contributed by atoms with van der Waals surface area (Å²) < 4.78 is 5.07. The largest absolute Gasteiger partial charge is 0.508 e. The van der Waals surface area contributed by atoms with Gasteiger partial charge in [0.15, 0.2) is 0 Å². The van der Waals surface area contributed by atoms with E-state index in [4.69, 9.17) is 4.42 Å². The van der Waals surface area contributed by atoms with Crippen LogP contribution < -0.4 is 5.63 Å². The summed E-state index contributed by atoms with van der Waals surface area (Å²) in [5.41, 5.74) is 0.798. The molecule has 1 aliphatic heterocycles. The Bertz CT molecular complexity index is 850. The van der Waals surface area contributed by atoms with Crippen LogP contribution in [-0.4, -0.2) is 28.2 Å². The SMILES string of the molecule is Cc1cc(O)c(C2=NCCSC(c3ccc(O)cc3)=C2)c(=O)o1. The van der Waals surface area contributed by atoms with E-state index in [-0.39, 0.29) is 17.1 Å². The van der Waals surface area contributed by atoms with Crippen LogP contribution in [0.15, 0.2) is 50.6 Å². The molecule has 118 valence electrons. The summed E-state index contributed by atoms with van der Waals surface area (Å²) in [6, 6.07) is 8.22. The average molecular weight is 329 g/mol. The first-order chi connectivity index (χ1) is 11.0. The Balaban J connectivity index is 2.08. The lowest BCUT2D eigenvalue weighted by Gasteiger charge is -2.06. The number of thioether (sulfide) groups is 1. The summed E-state index contributed by atoms with van der Waals surface area (Å²) >= 11 is 1.61. The molecule has 0 radical (unpaired) electrons. The maximum Gasteiger partial charge on any atom is 0.349 e. The van der Waals surface area contributed by atoms with Gasteiger partial charge in [-0.15, -0.1) is 11.8 Å². The minimum absolute atomic E-state index is 0.0781. The fourth-order valence-corrected chi connectivity index (χ4v) is 3.21. The van der Waals surface area contributed by atoms with Gasteiger partial charge in [0.05, 0.1) is 5.71 Å². The van der Waals surface area contributed by atoms with Crippen LogP contribution in [0.5, 0.6) is 11.5 Å². The molecule has 1 aromatic carbocycles. The van der Waals surface area contributed by atoms with Crippen molar-refractivity contribution < 1.29 is 14.6 Å². The van der Waals surface area contributed by atoms with Gasteiger partial charge in [0.1, 0.15) is 22.8 Å². The van der Waals surface area contributed by atoms with Gasteiger partial charge in [-0.05, 0) is 30.7 Å². The molecule has 0 bridgehead atoms. The van der Waals surface area contributed by atoms with Crippen molar-refractivity contribution in [2.45, 2.75) is 6.92 Å². The Morgan fingerprint density at radius 3 is 2.65 bits per heavy atom. The third kappa shape index (κ3) is 3.32. The van der Waals surface area contributed by atoms with Crippen molar-refractivity contribution in [3.05, 3.63) is 63.7 Å². The maximum atomic E-state index is 12.1. The van der Waals surface area contributed by atoms with E-state index in [0.29, 0.717) is 18.0 Å². The Labute approximate surface area is 137 Å². The predicted octanol–water partition coefficient (Wildman–Crippen LogP) is 2.94. The number of aliphatic imine (C=N–C) groups is 1. The zero-order chi connectivity index (χ0) is 16.4. The molecule has 5 nitrogen and oxygen atoms in total. The molecule has 0 spiro atoms. The van der Waals surface area contributed by atoms with Crippen LogP contribution in [0.3, 0.4) is 0 Å². The van der Waals surface area contributed by atoms with Crippen molar-refractivity contribution in [3.8, 4) is 11.5 Å². The molecule has 0 saturated heterocycles. The van der Waals surface area contributed by atoms with Crippen molar-refractivity contribution in [1.29, 1.82) is 0 Å². The number of allylic oxidation sites excluding steroid dienone is 1. The zero-order valence-electron chi connectivity index (χ0n) is 12.4. The van der Waals surface area contributed by atoms with E-state index in [1.54, 1.807) is 49.0 Å². The summed E-state index contributed by atoms with van der Waals surface area (Å²) in [7, 11) is 0. The van der Waals surface area contributed by atoms with Crippen LogP contribution in [0.2, 0.25) is 0 Å². The fraction of sp³-hybridized carbons (Fsp3) is 0.176. The van der Waals surface area contributed by atoms with Crippen molar-refractivity contribution in [1.82, 2.24) is 0 Å². The Morgan fingerprint density at radius 1 is 1.22 bits per heavy atom. The van der Waals surface area contributed by atoms with E-state index in [2.05, 4.69) is 4.99 Å². The van der Waals surface area contributed by atoms with Crippen LogP contribution in [0, 0.1) is 6.92 Å². The van der Waals surface area contributed by atoms with E-state index < -0.39 is 5.63 Å². The average Bonchev–Trinajstić information content (AvgIpc) is 2.73. The van der Waals surface area contributed by atoms with Crippen LogP contribution in [0.4, 0.5) is 0 Å². The molecule has 6 heteroatoms. The van der Waals surface area contributed by atoms with Crippen LogP contribution in [-0.2, 0) is 0 Å². The second kappa shape index (κ2) is 6.34. The highest BCUT2D eigenvalue weighted by molar-refractivity contribution is 8.08. The molecule has 0 aliphatic carbocycles. The summed E-state index contributed by atoms with van der Waals surface area (Å²) in [6.45, 7) is 2.14. The molecule has 1 aliphatic rings. The normalized spacial score (nSPS) is 14.8. The van der Waals surface area contributed by atoms with Gasteiger partial charge in [0.25, 0.3) is 0 Å². The Hall–Kier alpha value is -2.47. The topological polar surface area (TPSA) is 83.0 Å². The summed E-state index contributed by atoms with van der Waals surface area (Å²) in [5.74, 6) is 1.17. The first-order valence-corrected chi connectivity index (χ1v) is 8.05. The molecule has 0 fully saturated rings. The van der Waals surface area contributed by atoms with E-state index in [1.807, 2.05) is 0 Å². The van der Waals surface area contributed by atoms with Gasteiger partial charge in [-0.3, -0.25) is 4.99 Å². The number of aryl methyl sites for hydroxylation is 1. The highest BCUT2D eigenvalue weighted by atomic mass is 32.2. The third-order valence-corrected chi connectivity index (χ3v) is 4.41. The van der Waals surface area contributed by atoms with E-state index in [9.17, 15) is 15.0 Å². The van der Waals surface area contributed by atoms with Crippen LogP contribution in [0.25, 0.3) is 4.91 Å². The van der Waals surface area contributed by atoms with Gasteiger partial charge in [-0.2, -0.15) is 0 Å². The van der Waals surface area contributed by atoms with Gasteiger partial charge in [0.2, 0.25) is 0 Å². The van der Waals surface area contributed by atoms with Crippen molar-refractivity contribution in [3.63, 3.8) is 0 Å². The molecule has 1 aromatic heterocycles. The number of phenolic OH excluding ortho intramolecular Hbond substituents is 1. The number of nitrogens with zero attached hydrogens (tertiary/aromatic N) is 1. The predicted molar refractivity (Wildman–Crippen MR) is 91.3 cm³/mol. The summed E-state index contributed by atoms with van der Waals surface area (Å²) in [5, 5.41) is 19.5. The highest BCUT2D eigenvalue weighted by Gasteiger charge is 2.18. The van der Waals surface area contributed by atoms with Gasteiger partial charge in [-0.25, -0.2) is 4.79 Å². The van der Waals surface area contributed by atoms with E-state index in [0.717, 1.165) is 16.2 Å². The molecule has 0 atom stereocenters. The number of rotatable bonds is 2. The molecular formula is C17H15NO4S. The lowest BCUT2D eigenvalue weighted by atomic mass is 10.1. The molecular weight excluding hydrogens is 314 g/mol. The quantitative estimate of drug-likeness (QED) is 0.885. The summed E-state index contributed by atoms with van der Waals surface area (Å²) in [6.07, 6.45) is 1.77. The number of phenols is 1. The lowest BCUT2D eigenvalue weighted by molar-refractivity contribution is 0.432. The minimum atomic E-state index is -0.602. The zero-order valence-corrected chi connectivity index (χ0v) is 13.3. The second-order valence-electron chi connectivity index (χ2n) is 5.08. The van der Waals surface area contributed by atoms with Gasteiger partial charge in [-0.1, -0.05) is 12.1 Å². The van der Waals surface area contributed by atoms with Crippen molar-refractivity contribution in [2.75, 3.05) is 12.3 Å². The molecule has 0 saturated carbocycles.